The first-order chi connectivity index (χ1) is 8.58. The van der Waals surface area contributed by atoms with Crippen molar-refractivity contribution in [1.82, 2.24) is 0 Å². The van der Waals surface area contributed by atoms with Crippen molar-refractivity contribution in [1.29, 1.82) is 0 Å². The number of hydrogen-bond acceptors (Lipinski definition) is 3. The van der Waals surface area contributed by atoms with Crippen LogP contribution < -0.4 is 11.1 Å². The van der Waals surface area contributed by atoms with Crippen molar-refractivity contribution in [3.63, 3.8) is 0 Å². The fraction of sp³-hybridized carbons (Fsp3) is 0.0833. The molecule has 0 aliphatic rings. The molecule has 0 aliphatic heterocycles. The van der Waals surface area contributed by atoms with Crippen molar-refractivity contribution in [3.05, 3.63) is 50.4 Å². The molecule has 1 amide bonds. The molecule has 3 nitrogen and oxygen atoms in total. The molecule has 0 fully saturated rings. The average molecular weight is 329 g/mol. The SMILES string of the molecule is NC(=O)c1cc(NCc2sccc2Br)ccc1F. The van der Waals surface area contributed by atoms with E-state index in [4.69, 9.17) is 5.73 Å². The summed E-state index contributed by atoms with van der Waals surface area (Å²) in [7, 11) is 0. The van der Waals surface area contributed by atoms with Crippen LogP contribution in [0.25, 0.3) is 0 Å². The highest BCUT2D eigenvalue weighted by Gasteiger charge is 2.09. The first-order valence-electron chi connectivity index (χ1n) is 5.13. The van der Waals surface area contributed by atoms with Crippen LogP contribution in [0.2, 0.25) is 0 Å². The molecule has 0 bridgehead atoms. The first-order valence-corrected chi connectivity index (χ1v) is 6.80. The van der Waals surface area contributed by atoms with Gasteiger partial charge < -0.3 is 11.1 Å². The highest BCUT2D eigenvalue weighted by atomic mass is 79.9. The Labute approximate surface area is 116 Å². The van der Waals surface area contributed by atoms with Crippen LogP contribution in [-0.2, 0) is 6.54 Å². The van der Waals surface area contributed by atoms with Crippen molar-refractivity contribution in [2.75, 3.05) is 5.32 Å². The van der Waals surface area contributed by atoms with Crippen LogP contribution in [0.3, 0.4) is 0 Å². The third-order valence-electron chi connectivity index (χ3n) is 2.38. The molecule has 1 aromatic carbocycles. The lowest BCUT2D eigenvalue weighted by Crippen LogP contribution is -2.13. The largest absolute Gasteiger partial charge is 0.380 e. The fourth-order valence-electron chi connectivity index (χ4n) is 1.46. The predicted molar refractivity (Wildman–Crippen MR) is 74.3 cm³/mol. The lowest BCUT2D eigenvalue weighted by Gasteiger charge is -2.07. The molecule has 2 rings (SSSR count). The van der Waals surface area contributed by atoms with Gasteiger partial charge in [0.15, 0.2) is 0 Å². The molecule has 94 valence electrons. The summed E-state index contributed by atoms with van der Waals surface area (Å²) in [6, 6.07) is 6.18. The molecule has 0 radical (unpaired) electrons. The Kier molecular flexibility index (Phi) is 3.98. The third-order valence-corrected chi connectivity index (χ3v) is 4.30. The minimum absolute atomic E-state index is 0.106. The van der Waals surface area contributed by atoms with Gasteiger partial charge in [-0.15, -0.1) is 11.3 Å². The number of benzene rings is 1. The summed E-state index contributed by atoms with van der Waals surface area (Å²) < 4.78 is 14.3. The fourth-order valence-corrected chi connectivity index (χ4v) is 2.89. The number of amides is 1. The van der Waals surface area contributed by atoms with Crippen molar-refractivity contribution in [2.24, 2.45) is 5.73 Å². The van der Waals surface area contributed by atoms with E-state index >= 15 is 0 Å². The maximum Gasteiger partial charge on any atom is 0.251 e. The molecule has 6 heteroatoms. The molecule has 3 N–H and O–H groups in total. The van der Waals surface area contributed by atoms with Crippen LogP contribution in [0.1, 0.15) is 15.2 Å². The van der Waals surface area contributed by atoms with Gasteiger partial charge in [0, 0.05) is 15.0 Å². The van der Waals surface area contributed by atoms with Gasteiger partial charge in [-0.25, -0.2) is 4.39 Å². The Morgan fingerprint density at radius 1 is 1.44 bits per heavy atom. The number of halogens is 2. The summed E-state index contributed by atoms with van der Waals surface area (Å²) >= 11 is 5.03. The van der Waals surface area contributed by atoms with Crippen LogP contribution in [0.5, 0.6) is 0 Å². The number of thiophene rings is 1. The number of carbonyl (C=O) groups is 1. The standard InChI is InChI=1S/C12H10BrFN2OS/c13-9-3-4-18-11(9)6-16-7-1-2-10(14)8(5-7)12(15)17/h1-5,16H,6H2,(H2,15,17). The van der Waals surface area contributed by atoms with Gasteiger partial charge >= 0.3 is 0 Å². The quantitative estimate of drug-likeness (QED) is 0.904. The Morgan fingerprint density at radius 2 is 2.22 bits per heavy atom. The number of nitrogens with one attached hydrogen (secondary N) is 1. The van der Waals surface area contributed by atoms with E-state index in [1.165, 1.54) is 12.1 Å². The Balaban J connectivity index is 2.13. The van der Waals surface area contributed by atoms with Crippen LogP contribution >= 0.6 is 27.3 Å². The maximum absolute atomic E-state index is 13.3. The summed E-state index contributed by atoms with van der Waals surface area (Å²) in [6.45, 7) is 0.599. The van der Waals surface area contributed by atoms with E-state index in [9.17, 15) is 9.18 Å². The molecular weight excluding hydrogens is 319 g/mol. The van der Waals surface area contributed by atoms with E-state index in [0.717, 1.165) is 9.35 Å². The highest BCUT2D eigenvalue weighted by molar-refractivity contribution is 9.10. The zero-order chi connectivity index (χ0) is 13.1. The van der Waals surface area contributed by atoms with E-state index in [1.807, 2.05) is 11.4 Å². The van der Waals surface area contributed by atoms with Crippen molar-refractivity contribution < 1.29 is 9.18 Å². The van der Waals surface area contributed by atoms with Gasteiger partial charge in [-0.1, -0.05) is 0 Å². The zero-order valence-electron chi connectivity index (χ0n) is 9.24. The van der Waals surface area contributed by atoms with E-state index < -0.39 is 11.7 Å². The number of anilines is 1. The number of carbonyl (C=O) groups excluding carboxylic acids is 1. The van der Waals surface area contributed by atoms with E-state index in [-0.39, 0.29) is 5.56 Å². The molecule has 0 unspecified atom stereocenters. The predicted octanol–water partition coefficient (Wildman–Crippen LogP) is 3.36. The normalized spacial score (nSPS) is 10.3. The molecule has 0 saturated heterocycles. The Morgan fingerprint density at radius 3 is 2.83 bits per heavy atom. The van der Waals surface area contributed by atoms with Gasteiger partial charge in [-0.2, -0.15) is 0 Å². The molecule has 18 heavy (non-hydrogen) atoms. The van der Waals surface area contributed by atoms with E-state index in [2.05, 4.69) is 21.2 Å². The van der Waals surface area contributed by atoms with Gasteiger partial charge in [0.2, 0.25) is 0 Å². The molecule has 0 atom stereocenters. The lowest BCUT2D eigenvalue weighted by atomic mass is 10.2. The lowest BCUT2D eigenvalue weighted by molar-refractivity contribution is 0.0996. The van der Waals surface area contributed by atoms with Gasteiger partial charge in [0.25, 0.3) is 5.91 Å². The molecule has 0 aliphatic carbocycles. The minimum Gasteiger partial charge on any atom is -0.380 e. The summed E-state index contributed by atoms with van der Waals surface area (Å²) in [5, 5.41) is 5.09. The van der Waals surface area contributed by atoms with Crippen molar-refractivity contribution >= 4 is 38.9 Å². The number of rotatable bonds is 4. The molecule has 0 spiro atoms. The van der Waals surface area contributed by atoms with Gasteiger partial charge in [0.1, 0.15) is 5.82 Å². The smallest absolute Gasteiger partial charge is 0.251 e. The first kappa shape index (κ1) is 13.0. The summed E-state index contributed by atoms with van der Waals surface area (Å²) in [5.74, 6) is -1.38. The van der Waals surface area contributed by atoms with Crippen molar-refractivity contribution in [2.45, 2.75) is 6.54 Å². The van der Waals surface area contributed by atoms with Gasteiger partial charge in [0.05, 0.1) is 12.1 Å². The molecule has 1 aromatic heterocycles. The van der Waals surface area contributed by atoms with Gasteiger partial charge in [-0.05, 0) is 45.6 Å². The second-order valence-corrected chi connectivity index (χ2v) is 5.46. The van der Waals surface area contributed by atoms with Gasteiger partial charge in [-0.3, -0.25) is 4.79 Å². The number of nitrogens with two attached hydrogens (primary N) is 1. The molecule has 2 aromatic rings. The monoisotopic (exact) mass is 328 g/mol. The Bertz CT molecular complexity index is 585. The highest BCUT2D eigenvalue weighted by Crippen LogP contribution is 2.24. The molecule has 0 saturated carbocycles. The van der Waals surface area contributed by atoms with E-state index in [0.29, 0.717) is 12.2 Å². The van der Waals surface area contributed by atoms with Crippen LogP contribution in [0, 0.1) is 5.82 Å². The van der Waals surface area contributed by atoms with Crippen LogP contribution in [-0.4, -0.2) is 5.91 Å². The molecular formula is C12H10BrFN2OS. The van der Waals surface area contributed by atoms with E-state index in [1.54, 1.807) is 17.4 Å². The third kappa shape index (κ3) is 2.88. The van der Waals surface area contributed by atoms with Crippen LogP contribution in [0.4, 0.5) is 10.1 Å². The summed E-state index contributed by atoms with van der Waals surface area (Å²) in [6.07, 6.45) is 0. The zero-order valence-corrected chi connectivity index (χ0v) is 11.6. The number of primary amides is 1. The Hall–Kier alpha value is -1.40. The number of hydrogen-bond donors (Lipinski definition) is 2. The van der Waals surface area contributed by atoms with Crippen molar-refractivity contribution in [3.8, 4) is 0 Å². The molecule has 1 heterocycles. The average Bonchev–Trinajstić information content (AvgIpc) is 2.73. The maximum atomic E-state index is 13.3. The second kappa shape index (κ2) is 5.49. The summed E-state index contributed by atoms with van der Waals surface area (Å²) in [4.78, 5) is 12.1. The summed E-state index contributed by atoms with van der Waals surface area (Å²) in [5.41, 5.74) is 5.64. The second-order valence-electron chi connectivity index (χ2n) is 3.60. The topological polar surface area (TPSA) is 55.1 Å². The van der Waals surface area contributed by atoms with Crippen LogP contribution in [0.15, 0.2) is 34.1 Å². The minimum atomic E-state index is -0.770.